The predicted octanol–water partition coefficient (Wildman–Crippen LogP) is 3.09. The number of hydrogen-bond donors (Lipinski definition) is 2. The third-order valence-corrected chi connectivity index (χ3v) is 3.50. The Labute approximate surface area is 137 Å². The molecule has 22 heavy (non-hydrogen) atoms. The third-order valence-electron chi connectivity index (χ3n) is 2.68. The molecule has 0 aliphatic heterocycles. The summed E-state index contributed by atoms with van der Waals surface area (Å²) in [5, 5.41) is 6.26. The molecule has 1 aromatic carbocycles. The second-order valence-electron chi connectivity index (χ2n) is 4.24. The number of hydrogen-bond acceptors (Lipinski definition) is 5. The van der Waals surface area contributed by atoms with E-state index in [9.17, 15) is 4.79 Å². The molecular weight excluding hydrogens is 327 g/mol. The molecule has 0 radical (unpaired) electrons. The highest BCUT2D eigenvalue weighted by molar-refractivity contribution is 6.44. The fourth-order valence-electron chi connectivity index (χ4n) is 1.62. The molecule has 0 unspecified atom stereocenters. The second-order valence-corrected chi connectivity index (χ2v) is 5.03. The van der Waals surface area contributed by atoms with Crippen molar-refractivity contribution in [3.63, 3.8) is 0 Å². The monoisotopic (exact) mass is 340 g/mol. The summed E-state index contributed by atoms with van der Waals surface area (Å²) < 4.78 is 4.92. The summed E-state index contributed by atoms with van der Waals surface area (Å²) in [7, 11) is 1.60. The molecule has 1 heterocycles. The molecule has 2 rings (SSSR count). The van der Waals surface area contributed by atoms with Crippen molar-refractivity contribution in [3.05, 3.63) is 46.2 Å². The van der Waals surface area contributed by atoms with E-state index in [0.717, 1.165) is 0 Å². The zero-order valence-corrected chi connectivity index (χ0v) is 13.3. The van der Waals surface area contributed by atoms with Gasteiger partial charge in [-0.1, -0.05) is 29.3 Å². The van der Waals surface area contributed by atoms with Crippen molar-refractivity contribution < 1.29 is 9.53 Å². The quantitative estimate of drug-likeness (QED) is 0.790. The fraction of sp³-hybridized carbons (Fsp3) is 0.214. The molecule has 2 aromatic rings. The number of carbonyl (C=O) groups is 1. The summed E-state index contributed by atoms with van der Waals surface area (Å²) in [5.74, 6) is -0.0525. The van der Waals surface area contributed by atoms with Crippen molar-refractivity contribution in [1.82, 2.24) is 9.97 Å². The summed E-state index contributed by atoms with van der Waals surface area (Å²) in [5.41, 5.74) is 0.637. The number of carbonyl (C=O) groups excluding carboxylic acids is 1. The molecule has 0 saturated carbocycles. The highest BCUT2D eigenvalue weighted by Crippen LogP contribution is 2.29. The van der Waals surface area contributed by atoms with Crippen LogP contribution >= 0.6 is 23.2 Å². The number of anilines is 2. The second kappa shape index (κ2) is 7.93. The molecule has 0 atom stereocenters. The SMILES string of the molecule is COCCNc1nccc(C(=O)Nc2cccc(Cl)c2Cl)n1. The van der Waals surface area contributed by atoms with E-state index in [1.807, 2.05) is 0 Å². The average molecular weight is 341 g/mol. The highest BCUT2D eigenvalue weighted by Gasteiger charge is 2.12. The van der Waals surface area contributed by atoms with Crippen molar-refractivity contribution in [2.24, 2.45) is 0 Å². The van der Waals surface area contributed by atoms with Crippen LogP contribution in [-0.2, 0) is 4.74 Å². The van der Waals surface area contributed by atoms with Gasteiger partial charge in [-0.2, -0.15) is 0 Å². The average Bonchev–Trinajstić information content (AvgIpc) is 2.52. The molecule has 2 N–H and O–H groups in total. The minimum atomic E-state index is -0.402. The van der Waals surface area contributed by atoms with Gasteiger partial charge in [-0.15, -0.1) is 0 Å². The van der Waals surface area contributed by atoms with Crippen LogP contribution in [0.5, 0.6) is 0 Å². The fourth-order valence-corrected chi connectivity index (χ4v) is 1.97. The van der Waals surface area contributed by atoms with Crippen molar-refractivity contribution in [1.29, 1.82) is 0 Å². The number of aromatic nitrogens is 2. The Morgan fingerprint density at radius 2 is 2.14 bits per heavy atom. The Balaban J connectivity index is 2.09. The van der Waals surface area contributed by atoms with Gasteiger partial charge in [-0.25, -0.2) is 9.97 Å². The Hall–Kier alpha value is -1.89. The minimum absolute atomic E-state index is 0.214. The Morgan fingerprint density at radius 1 is 1.32 bits per heavy atom. The van der Waals surface area contributed by atoms with Gasteiger partial charge in [0.25, 0.3) is 5.91 Å². The van der Waals surface area contributed by atoms with E-state index in [2.05, 4.69) is 20.6 Å². The van der Waals surface area contributed by atoms with Gasteiger partial charge in [-0.05, 0) is 18.2 Å². The molecule has 0 saturated heterocycles. The van der Waals surface area contributed by atoms with Gasteiger partial charge in [0.15, 0.2) is 0 Å². The number of ether oxygens (including phenoxy) is 1. The van der Waals surface area contributed by atoms with Gasteiger partial charge in [0.2, 0.25) is 5.95 Å². The Kier molecular flexibility index (Phi) is 5.94. The third kappa shape index (κ3) is 4.30. The number of rotatable bonds is 6. The first kappa shape index (κ1) is 16.5. The maximum Gasteiger partial charge on any atom is 0.274 e. The number of nitrogens with one attached hydrogen (secondary N) is 2. The van der Waals surface area contributed by atoms with Crippen LogP contribution in [0.3, 0.4) is 0 Å². The first-order valence-corrected chi connectivity index (χ1v) is 7.18. The number of nitrogens with zero attached hydrogens (tertiary/aromatic N) is 2. The number of amides is 1. The largest absolute Gasteiger partial charge is 0.383 e. The molecule has 0 fully saturated rings. The molecule has 1 aromatic heterocycles. The van der Waals surface area contributed by atoms with Crippen LogP contribution in [0.2, 0.25) is 10.0 Å². The van der Waals surface area contributed by atoms with Crippen molar-refractivity contribution in [3.8, 4) is 0 Å². The molecule has 116 valence electrons. The summed E-state index contributed by atoms with van der Waals surface area (Å²) in [6.07, 6.45) is 1.50. The lowest BCUT2D eigenvalue weighted by Gasteiger charge is -2.09. The topological polar surface area (TPSA) is 76.1 Å². The number of halogens is 2. The van der Waals surface area contributed by atoms with Crippen LogP contribution in [0, 0.1) is 0 Å². The summed E-state index contributed by atoms with van der Waals surface area (Å²) in [6.45, 7) is 1.06. The van der Waals surface area contributed by atoms with Gasteiger partial charge < -0.3 is 15.4 Å². The lowest BCUT2D eigenvalue weighted by atomic mass is 10.3. The molecule has 1 amide bonds. The number of methoxy groups -OCH3 is 1. The van der Waals surface area contributed by atoms with Gasteiger partial charge in [0.05, 0.1) is 22.3 Å². The molecule has 8 heteroatoms. The molecule has 0 bridgehead atoms. The van der Waals surface area contributed by atoms with E-state index in [4.69, 9.17) is 27.9 Å². The zero-order chi connectivity index (χ0) is 15.9. The summed E-state index contributed by atoms with van der Waals surface area (Å²) in [6, 6.07) is 6.50. The standard InChI is InChI=1S/C14H14Cl2N4O2/c1-22-8-7-18-14-17-6-5-11(20-14)13(21)19-10-4-2-3-9(15)12(10)16/h2-6H,7-8H2,1H3,(H,19,21)(H,17,18,20). The maximum absolute atomic E-state index is 12.2. The van der Waals surface area contributed by atoms with Crippen molar-refractivity contribution >= 4 is 40.7 Å². The van der Waals surface area contributed by atoms with Crippen LogP contribution in [0.1, 0.15) is 10.5 Å². The maximum atomic E-state index is 12.2. The van der Waals surface area contributed by atoms with E-state index in [1.54, 1.807) is 25.3 Å². The Morgan fingerprint density at radius 3 is 2.91 bits per heavy atom. The van der Waals surface area contributed by atoms with Crippen molar-refractivity contribution in [2.45, 2.75) is 0 Å². The molecule has 0 aliphatic carbocycles. The van der Waals surface area contributed by atoms with Gasteiger partial charge in [0.1, 0.15) is 5.69 Å². The number of benzene rings is 1. The summed E-state index contributed by atoms with van der Waals surface area (Å²) >= 11 is 11.9. The normalized spacial score (nSPS) is 10.3. The lowest BCUT2D eigenvalue weighted by Crippen LogP contribution is -2.16. The smallest absolute Gasteiger partial charge is 0.274 e. The van der Waals surface area contributed by atoms with E-state index >= 15 is 0 Å². The molecule has 6 nitrogen and oxygen atoms in total. The van der Waals surface area contributed by atoms with Gasteiger partial charge >= 0.3 is 0 Å². The van der Waals surface area contributed by atoms with Crippen LogP contribution in [0.25, 0.3) is 0 Å². The van der Waals surface area contributed by atoms with E-state index in [0.29, 0.717) is 29.8 Å². The molecule has 0 aliphatic rings. The predicted molar refractivity (Wildman–Crippen MR) is 86.8 cm³/mol. The first-order valence-electron chi connectivity index (χ1n) is 6.43. The summed E-state index contributed by atoms with van der Waals surface area (Å²) in [4.78, 5) is 20.4. The first-order chi connectivity index (χ1) is 10.6. The van der Waals surface area contributed by atoms with E-state index in [1.165, 1.54) is 12.3 Å². The van der Waals surface area contributed by atoms with Gasteiger partial charge in [0, 0.05) is 19.9 Å². The molecular formula is C14H14Cl2N4O2. The zero-order valence-electron chi connectivity index (χ0n) is 11.8. The Bertz CT molecular complexity index is 667. The van der Waals surface area contributed by atoms with Crippen molar-refractivity contribution in [2.75, 3.05) is 30.9 Å². The van der Waals surface area contributed by atoms with E-state index in [-0.39, 0.29) is 10.7 Å². The van der Waals surface area contributed by atoms with Crippen LogP contribution in [0.4, 0.5) is 11.6 Å². The molecule has 0 spiro atoms. The van der Waals surface area contributed by atoms with E-state index < -0.39 is 5.91 Å². The van der Waals surface area contributed by atoms with Crippen LogP contribution in [0.15, 0.2) is 30.5 Å². The lowest BCUT2D eigenvalue weighted by molar-refractivity contribution is 0.102. The highest BCUT2D eigenvalue weighted by atomic mass is 35.5. The minimum Gasteiger partial charge on any atom is -0.383 e. The van der Waals surface area contributed by atoms with Crippen LogP contribution in [-0.4, -0.2) is 36.1 Å². The van der Waals surface area contributed by atoms with Gasteiger partial charge in [-0.3, -0.25) is 4.79 Å². The van der Waals surface area contributed by atoms with Crippen LogP contribution < -0.4 is 10.6 Å².